The first-order chi connectivity index (χ1) is 7.18. The van der Waals surface area contributed by atoms with Gasteiger partial charge in [-0.25, -0.2) is 13.1 Å². The first-order valence-corrected chi connectivity index (χ1v) is 6.67. The maximum Gasteiger partial charge on any atom is 0.323 e. The van der Waals surface area contributed by atoms with Gasteiger partial charge in [-0.05, 0) is 19.8 Å². The summed E-state index contributed by atoms with van der Waals surface area (Å²) in [6.07, 6.45) is 0.793. The maximum absolute atomic E-state index is 11.4. The van der Waals surface area contributed by atoms with Crippen LogP contribution in [0.25, 0.3) is 0 Å². The lowest BCUT2D eigenvalue weighted by molar-refractivity contribution is -0.136. The molecule has 0 amide bonds. The van der Waals surface area contributed by atoms with Gasteiger partial charge in [0.05, 0.1) is 5.60 Å². The zero-order chi connectivity index (χ0) is 13.0. The van der Waals surface area contributed by atoms with Crippen molar-refractivity contribution in [2.45, 2.75) is 44.5 Å². The third-order valence-corrected chi connectivity index (χ3v) is 4.41. The van der Waals surface area contributed by atoms with Crippen molar-refractivity contribution >= 4 is 16.0 Å². The van der Waals surface area contributed by atoms with Crippen LogP contribution in [0.15, 0.2) is 0 Å². The molecule has 96 valence electrons. The van der Waals surface area contributed by atoms with Gasteiger partial charge in [-0.15, -0.1) is 0 Å². The molecular weight excluding hydrogens is 234 g/mol. The van der Waals surface area contributed by atoms with Crippen LogP contribution in [0.5, 0.6) is 0 Å². The summed E-state index contributed by atoms with van der Waals surface area (Å²) in [5, 5.41) is 16.9. The fourth-order valence-corrected chi connectivity index (χ4v) is 1.98. The number of aliphatic hydroxyl groups is 1. The Balaban J connectivity index is 4.57. The lowest BCUT2D eigenvalue weighted by atomic mass is 9.98. The smallest absolute Gasteiger partial charge is 0.323 e. The molecule has 0 aliphatic rings. The fraction of sp³-hybridized carbons (Fsp3) is 0.889. The summed E-state index contributed by atoms with van der Waals surface area (Å²) in [6, 6.07) is 0. The molecule has 7 heteroatoms. The zero-order valence-corrected chi connectivity index (χ0v) is 10.5. The predicted octanol–water partition coefficient (Wildman–Crippen LogP) is -0.0700. The number of carbonyl (C=O) groups is 1. The van der Waals surface area contributed by atoms with Gasteiger partial charge in [0.15, 0.2) is 5.25 Å². The minimum absolute atomic E-state index is 0.167. The fourth-order valence-electron chi connectivity index (χ4n) is 0.993. The summed E-state index contributed by atoms with van der Waals surface area (Å²) < 4.78 is 25.0. The second-order valence-corrected chi connectivity index (χ2v) is 5.86. The van der Waals surface area contributed by atoms with Gasteiger partial charge in [0.2, 0.25) is 10.0 Å². The molecule has 0 aliphatic heterocycles. The molecular formula is C9H19NO5S. The SMILES string of the molecule is CCC(O)(CC)CNS(=O)(=O)C(C)C(=O)O. The summed E-state index contributed by atoms with van der Waals surface area (Å²) in [5.41, 5.74) is -1.12. The normalized spacial score (nSPS) is 14.8. The van der Waals surface area contributed by atoms with Gasteiger partial charge in [-0.2, -0.15) is 0 Å². The Kier molecular flexibility index (Phi) is 5.37. The number of rotatable bonds is 7. The lowest BCUT2D eigenvalue weighted by Crippen LogP contribution is -2.46. The molecule has 0 saturated carbocycles. The van der Waals surface area contributed by atoms with Crippen molar-refractivity contribution in [1.82, 2.24) is 4.72 Å². The number of hydrogen-bond acceptors (Lipinski definition) is 4. The third kappa shape index (κ3) is 4.07. The number of aliphatic carboxylic acids is 1. The molecule has 0 radical (unpaired) electrons. The van der Waals surface area contributed by atoms with Crippen LogP contribution < -0.4 is 4.72 Å². The zero-order valence-electron chi connectivity index (χ0n) is 9.73. The van der Waals surface area contributed by atoms with Crippen molar-refractivity contribution in [3.63, 3.8) is 0 Å². The molecule has 0 aromatic carbocycles. The molecule has 0 bridgehead atoms. The van der Waals surface area contributed by atoms with Crippen molar-refractivity contribution in [1.29, 1.82) is 0 Å². The van der Waals surface area contributed by atoms with E-state index in [1.807, 2.05) is 0 Å². The Morgan fingerprint density at radius 3 is 2.12 bits per heavy atom. The van der Waals surface area contributed by atoms with Crippen molar-refractivity contribution < 1.29 is 23.4 Å². The van der Waals surface area contributed by atoms with Crippen molar-refractivity contribution in [3.05, 3.63) is 0 Å². The van der Waals surface area contributed by atoms with Crippen molar-refractivity contribution in [3.8, 4) is 0 Å². The highest BCUT2D eigenvalue weighted by Crippen LogP contribution is 2.13. The predicted molar refractivity (Wildman–Crippen MR) is 59.6 cm³/mol. The van der Waals surface area contributed by atoms with Crippen LogP contribution in [0.2, 0.25) is 0 Å². The average molecular weight is 253 g/mol. The van der Waals surface area contributed by atoms with Crippen LogP contribution in [-0.4, -0.2) is 42.0 Å². The van der Waals surface area contributed by atoms with E-state index in [9.17, 15) is 18.3 Å². The van der Waals surface area contributed by atoms with E-state index in [0.717, 1.165) is 6.92 Å². The number of sulfonamides is 1. The van der Waals surface area contributed by atoms with Crippen LogP contribution in [0.3, 0.4) is 0 Å². The molecule has 0 aromatic rings. The molecule has 0 rings (SSSR count). The second kappa shape index (κ2) is 5.60. The minimum atomic E-state index is -3.92. The molecule has 0 heterocycles. The van der Waals surface area contributed by atoms with Crippen LogP contribution >= 0.6 is 0 Å². The maximum atomic E-state index is 11.4. The molecule has 0 aliphatic carbocycles. The quantitative estimate of drug-likeness (QED) is 0.589. The number of carboxylic acid groups (broad SMARTS) is 1. The van der Waals surface area contributed by atoms with Gasteiger partial charge in [0.1, 0.15) is 0 Å². The Bertz CT molecular complexity index is 334. The van der Waals surface area contributed by atoms with Gasteiger partial charge in [-0.1, -0.05) is 13.8 Å². The molecule has 6 nitrogen and oxygen atoms in total. The second-order valence-electron chi connectivity index (χ2n) is 3.78. The molecule has 0 spiro atoms. The van der Waals surface area contributed by atoms with E-state index >= 15 is 0 Å². The molecule has 3 N–H and O–H groups in total. The summed E-state index contributed by atoms with van der Waals surface area (Å²) in [6.45, 7) is 4.39. The molecule has 1 unspecified atom stereocenters. The van der Waals surface area contributed by atoms with E-state index in [1.54, 1.807) is 13.8 Å². The molecule has 1 atom stereocenters. The molecule has 0 saturated heterocycles. The monoisotopic (exact) mass is 253 g/mol. The van der Waals surface area contributed by atoms with Gasteiger partial charge >= 0.3 is 5.97 Å². The van der Waals surface area contributed by atoms with Crippen LogP contribution in [0.1, 0.15) is 33.6 Å². The van der Waals surface area contributed by atoms with Gasteiger partial charge in [0, 0.05) is 6.54 Å². The highest BCUT2D eigenvalue weighted by atomic mass is 32.2. The third-order valence-electron chi connectivity index (χ3n) is 2.73. The molecule has 16 heavy (non-hydrogen) atoms. The van der Waals surface area contributed by atoms with Gasteiger partial charge < -0.3 is 10.2 Å². The Morgan fingerprint density at radius 2 is 1.81 bits per heavy atom. The van der Waals surface area contributed by atoms with E-state index < -0.39 is 26.8 Å². The topological polar surface area (TPSA) is 104 Å². The Morgan fingerprint density at radius 1 is 1.38 bits per heavy atom. The first-order valence-electron chi connectivity index (χ1n) is 5.12. The number of hydrogen-bond donors (Lipinski definition) is 3. The van der Waals surface area contributed by atoms with Gasteiger partial charge in [-0.3, -0.25) is 4.79 Å². The van der Waals surface area contributed by atoms with E-state index in [4.69, 9.17) is 5.11 Å². The van der Waals surface area contributed by atoms with Crippen LogP contribution in [0.4, 0.5) is 0 Å². The number of carboxylic acids is 1. The van der Waals surface area contributed by atoms with Gasteiger partial charge in [0.25, 0.3) is 0 Å². The Labute approximate surface area is 95.7 Å². The van der Waals surface area contributed by atoms with E-state index in [-0.39, 0.29) is 6.54 Å². The summed E-state index contributed by atoms with van der Waals surface area (Å²) in [7, 11) is -3.92. The van der Waals surface area contributed by atoms with E-state index in [1.165, 1.54) is 0 Å². The average Bonchev–Trinajstić information content (AvgIpc) is 2.24. The minimum Gasteiger partial charge on any atom is -0.480 e. The Hall–Kier alpha value is -0.660. The first kappa shape index (κ1) is 15.3. The highest BCUT2D eigenvalue weighted by Gasteiger charge is 2.31. The van der Waals surface area contributed by atoms with E-state index in [2.05, 4.69) is 4.72 Å². The summed E-state index contributed by atoms with van der Waals surface area (Å²) >= 11 is 0. The van der Waals surface area contributed by atoms with Crippen molar-refractivity contribution in [2.75, 3.05) is 6.54 Å². The molecule has 0 fully saturated rings. The summed E-state index contributed by atoms with van der Waals surface area (Å²) in [4.78, 5) is 10.5. The summed E-state index contributed by atoms with van der Waals surface area (Å²) in [5.74, 6) is -1.41. The molecule has 0 aromatic heterocycles. The lowest BCUT2D eigenvalue weighted by Gasteiger charge is -2.25. The van der Waals surface area contributed by atoms with E-state index in [0.29, 0.717) is 12.8 Å². The van der Waals surface area contributed by atoms with Crippen molar-refractivity contribution in [2.24, 2.45) is 0 Å². The van der Waals surface area contributed by atoms with Crippen LogP contribution in [0, 0.1) is 0 Å². The highest BCUT2D eigenvalue weighted by molar-refractivity contribution is 7.90. The van der Waals surface area contributed by atoms with Crippen LogP contribution in [-0.2, 0) is 14.8 Å². The standard InChI is InChI=1S/C9H19NO5S/c1-4-9(13,5-2)6-10-16(14,15)7(3)8(11)12/h7,10,13H,4-6H2,1-3H3,(H,11,12). The number of nitrogens with one attached hydrogen (secondary N) is 1. The largest absolute Gasteiger partial charge is 0.480 e.